The molecule has 21 heavy (non-hydrogen) atoms. The lowest BCUT2D eigenvalue weighted by molar-refractivity contribution is -0.0768. The van der Waals surface area contributed by atoms with Crippen LogP contribution in [0.25, 0.3) is 0 Å². The normalized spacial score (nSPS) is 31.8. The summed E-state index contributed by atoms with van der Waals surface area (Å²) in [4.78, 5) is 15.0. The van der Waals surface area contributed by atoms with E-state index in [0.29, 0.717) is 10.8 Å². The average Bonchev–Trinajstić information content (AvgIpc) is 2.67. The van der Waals surface area contributed by atoms with Gasteiger partial charge in [0.05, 0.1) is 12.8 Å². The number of nitrogens with zero attached hydrogens (tertiary/aromatic N) is 2. The zero-order valence-electron chi connectivity index (χ0n) is 11.0. The number of aliphatic hydroxyl groups excluding tert-OH is 2. The SMILES string of the molecule is CC#CC1(O)[C@@H](O)[C@@H](CO)O[C@H]1n1cc(F)c(N)nc1=O. The molecule has 0 aliphatic carbocycles. The van der Waals surface area contributed by atoms with Gasteiger partial charge < -0.3 is 25.8 Å². The third kappa shape index (κ3) is 2.38. The van der Waals surface area contributed by atoms with Crippen LogP contribution in [0.15, 0.2) is 11.0 Å². The number of anilines is 1. The van der Waals surface area contributed by atoms with Gasteiger partial charge in [-0.05, 0) is 6.92 Å². The van der Waals surface area contributed by atoms with Crippen LogP contribution in [0.4, 0.5) is 10.2 Å². The first-order valence-corrected chi connectivity index (χ1v) is 6.00. The number of aliphatic hydroxyl groups is 3. The Kier molecular flexibility index (Phi) is 3.97. The second-order valence-corrected chi connectivity index (χ2v) is 4.52. The highest BCUT2D eigenvalue weighted by Gasteiger charge is 2.55. The van der Waals surface area contributed by atoms with E-state index >= 15 is 0 Å². The molecule has 1 fully saturated rings. The molecule has 114 valence electrons. The lowest BCUT2D eigenvalue weighted by atomic mass is 9.94. The quantitative estimate of drug-likeness (QED) is 0.463. The summed E-state index contributed by atoms with van der Waals surface area (Å²) in [7, 11) is 0. The van der Waals surface area contributed by atoms with Gasteiger partial charge in [-0.3, -0.25) is 4.57 Å². The Balaban J connectivity index is 2.58. The van der Waals surface area contributed by atoms with Gasteiger partial charge in [-0.25, -0.2) is 9.18 Å². The number of nitrogen functional groups attached to an aromatic ring is 1. The maximum Gasteiger partial charge on any atom is 0.351 e. The summed E-state index contributed by atoms with van der Waals surface area (Å²) in [6.45, 7) is 0.781. The predicted octanol–water partition coefficient (Wildman–Crippen LogP) is -2.03. The Hall–Kier alpha value is -1.99. The largest absolute Gasteiger partial charge is 0.394 e. The number of rotatable bonds is 2. The molecule has 0 radical (unpaired) electrons. The maximum absolute atomic E-state index is 13.5. The number of nitrogens with two attached hydrogens (primary N) is 1. The molecule has 0 bridgehead atoms. The Bertz CT molecular complexity index is 667. The van der Waals surface area contributed by atoms with E-state index in [4.69, 9.17) is 15.6 Å². The van der Waals surface area contributed by atoms with Gasteiger partial charge in [0, 0.05) is 0 Å². The number of hydrogen-bond acceptors (Lipinski definition) is 7. The van der Waals surface area contributed by atoms with Crippen LogP contribution < -0.4 is 11.4 Å². The van der Waals surface area contributed by atoms with Crippen LogP contribution >= 0.6 is 0 Å². The molecule has 1 aliphatic rings. The molecule has 0 spiro atoms. The zero-order chi connectivity index (χ0) is 15.8. The topological polar surface area (TPSA) is 131 Å². The molecule has 5 N–H and O–H groups in total. The van der Waals surface area contributed by atoms with E-state index in [1.54, 1.807) is 0 Å². The lowest BCUT2D eigenvalue weighted by Crippen LogP contribution is -2.48. The maximum atomic E-state index is 13.5. The first-order chi connectivity index (χ1) is 9.85. The van der Waals surface area contributed by atoms with Crippen LogP contribution in [0.3, 0.4) is 0 Å². The van der Waals surface area contributed by atoms with Gasteiger partial charge in [-0.15, -0.1) is 5.92 Å². The minimum Gasteiger partial charge on any atom is -0.394 e. The van der Waals surface area contributed by atoms with Crippen molar-refractivity contribution in [2.24, 2.45) is 0 Å². The number of ether oxygens (including phenoxy) is 1. The summed E-state index contributed by atoms with van der Waals surface area (Å²) in [5, 5.41) is 29.6. The van der Waals surface area contributed by atoms with Gasteiger partial charge in [0.1, 0.15) is 12.2 Å². The second kappa shape index (κ2) is 5.42. The predicted molar refractivity (Wildman–Crippen MR) is 68.3 cm³/mol. The van der Waals surface area contributed by atoms with Crippen molar-refractivity contribution >= 4 is 5.82 Å². The Morgan fingerprint density at radius 2 is 2.33 bits per heavy atom. The van der Waals surface area contributed by atoms with Crippen LogP contribution in [-0.2, 0) is 4.74 Å². The molecule has 2 heterocycles. The summed E-state index contributed by atoms with van der Waals surface area (Å²) in [5.74, 6) is 3.13. The van der Waals surface area contributed by atoms with Gasteiger partial charge in [0.2, 0.25) is 0 Å². The second-order valence-electron chi connectivity index (χ2n) is 4.52. The van der Waals surface area contributed by atoms with Gasteiger partial charge in [-0.1, -0.05) is 5.92 Å². The van der Waals surface area contributed by atoms with Crippen molar-refractivity contribution in [1.29, 1.82) is 0 Å². The van der Waals surface area contributed by atoms with Crippen LogP contribution in [-0.4, -0.2) is 49.3 Å². The molecule has 8 nitrogen and oxygen atoms in total. The first-order valence-electron chi connectivity index (χ1n) is 6.00. The van der Waals surface area contributed by atoms with Crippen molar-refractivity contribution in [3.8, 4) is 11.8 Å². The van der Waals surface area contributed by atoms with E-state index in [1.807, 2.05) is 0 Å². The fraction of sp³-hybridized carbons (Fsp3) is 0.500. The van der Waals surface area contributed by atoms with E-state index in [1.165, 1.54) is 6.92 Å². The summed E-state index contributed by atoms with van der Waals surface area (Å²) < 4.78 is 19.3. The minimum absolute atomic E-state index is 0.599. The fourth-order valence-corrected chi connectivity index (χ4v) is 2.16. The number of hydrogen-bond donors (Lipinski definition) is 4. The zero-order valence-corrected chi connectivity index (χ0v) is 11.0. The molecule has 1 unspecified atom stereocenters. The third-order valence-electron chi connectivity index (χ3n) is 3.18. The van der Waals surface area contributed by atoms with E-state index in [2.05, 4.69) is 16.8 Å². The summed E-state index contributed by atoms with van der Waals surface area (Å²) >= 11 is 0. The molecular weight excluding hydrogens is 285 g/mol. The Labute approximate surface area is 118 Å². The average molecular weight is 299 g/mol. The minimum atomic E-state index is -2.20. The molecule has 1 saturated heterocycles. The Morgan fingerprint density at radius 1 is 1.67 bits per heavy atom. The fourth-order valence-electron chi connectivity index (χ4n) is 2.16. The summed E-state index contributed by atoms with van der Waals surface area (Å²) in [5.41, 5.74) is 1.99. The highest BCUT2D eigenvalue weighted by molar-refractivity contribution is 5.28. The van der Waals surface area contributed by atoms with Crippen LogP contribution in [0.2, 0.25) is 0 Å². The smallest absolute Gasteiger partial charge is 0.351 e. The lowest BCUT2D eigenvalue weighted by Gasteiger charge is -2.26. The molecule has 0 amide bonds. The number of halogens is 1. The van der Waals surface area contributed by atoms with Gasteiger partial charge in [-0.2, -0.15) is 4.98 Å². The van der Waals surface area contributed by atoms with Gasteiger partial charge in [0.25, 0.3) is 0 Å². The van der Waals surface area contributed by atoms with E-state index in [0.717, 1.165) is 0 Å². The highest BCUT2D eigenvalue weighted by atomic mass is 19.1. The highest BCUT2D eigenvalue weighted by Crippen LogP contribution is 2.37. The third-order valence-corrected chi connectivity index (χ3v) is 3.18. The molecule has 9 heteroatoms. The molecule has 1 aromatic heterocycles. The molecule has 0 saturated carbocycles. The summed E-state index contributed by atoms with van der Waals surface area (Å²) in [6.07, 6.45) is -3.61. The standard InChI is InChI=1S/C12H14FN3O5/c1-2-3-12(20)8(18)7(5-17)21-10(12)16-4-6(13)9(14)15-11(16)19/h4,7-8,10,17-18,20H,5H2,1H3,(H2,14,15,19)/t7-,8+,10-,12?/m1/s1. The van der Waals surface area contributed by atoms with Crippen molar-refractivity contribution in [2.75, 3.05) is 12.3 Å². The molecule has 1 aromatic rings. The van der Waals surface area contributed by atoms with Crippen molar-refractivity contribution in [1.82, 2.24) is 9.55 Å². The van der Waals surface area contributed by atoms with Crippen molar-refractivity contribution < 1.29 is 24.4 Å². The van der Waals surface area contributed by atoms with Crippen molar-refractivity contribution in [2.45, 2.75) is 31.0 Å². The van der Waals surface area contributed by atoms with Gasteiger partial charge in [0.15, 0.2) is 23.5 Å². The monoisotopic (exact) mass is 299 g/mol. The molecular formula is C12H14FN3O5. The number of aromatic nitrogens is 2. The van der Waals surface area contributed by atoms with Gasteiger partial charge >= 0.3 is 5.69 Å². The molecule has 2 rings (SSSR count). The molecule has 1 aliphatic heterocycles. The van der Waals surface area contributed by atoms with Crippen molar-refractivity contribution in [3.05, 3.63) is 22.5 Å². The Morgan fingerprint density at radius 3 is 2.90 bits per heavy atom. The van der Waals surface area contributed by atoms with Crippen LogP contribution in [0, 0.1) is 17.7 Å². The van der Waals surface area contributed by atoms with E-state index < -0.39 is 48.0 Å². The molecule has 4 atom stereocenters. The van der Waals surface area contributed by atoms with Crippen LogP contribution in [0.1, 0.15) is 13.2 Å². The first kappa shape index (κ1) is 15.4. The van der Waals surface area contributed by atoms with Crippen LogP contribution in [0.5, 0.6) is 0 Å². The van der Waals surface area contributed by atoms with E-state index in [-0.39, 0.29) is 0 Å². The van der Waals surface area contributed by atoms with E-state index in [9.17, 15) is 19.4 Å². The van der Waals surface area contributed by atoms with Crippen molar-refractivity contribution in [3.63, 3.8) is 0 Å². The molecule has 0 aromatic carbocycles. The summed E-state index contributed by atoms with van der Waals surface area (Å²) in [6, 6.07) is 0.